The van der Waals surface area contributed by atoms with Crippen LogP contribution in [0.3, 0.4) is 0 Å². The Balaban J connectivity index is 1.49. The summed E-state index contributed by atoms with van der Waals surface area (Å²) >= 11 is 0. The summed E-state index contributed by atoms with van der Waals surface area (Å²) in [5.41, 5.74) is 7.01. The van der Waals surface area contributed by atoms with Gasteiger partial charge in [0.2, 0.25) is 0 Å². The number of amides is 1. The number of carbonyl (C=O) groups is 1. The Hall–Kier alpha value is -3.86. The van der Waals surface area contributed by atoms with Crippen molar-refractivity contribution in [1.82, 2.24) is 9.99 Å². The molecular weight excluding hydrogens is 374 g/mol. The Morgan fingerprint density at radius 1 is 0.967 bits per heavy atom. The number of hydrogen-bond acceptors (Lipinski definition) is 3. The molecule has 0 aliphatic rings. The molecule has 0 radical (unpaired) electrons. The van der Waals surface area contributed by atoms with Gasteiger partial charge in [-0.05, 0) is 30.7 Å². The number of para-hydroxylation sites is 2. The number of hydrazone groups is 1. The summed E-state index contributed by atoms with van der Waals surface area (Å²) in [6.45, 7) is 2.76. The predicted molar refractivity (Wildman–Crippen MR) is 120 cm³/mol. The molecule has 0 fully saturated rings. The van der Waals surface area contributed by atoms with E-state index in [0.29, 0.717) is 5.75 Å². The van der Waals surface area contributed by atoms with E-state index in [2.05, 4.69) is 46.3 Å². The third-order valence-electron chi connectivity index (χ3n) is 4.96. The molecule has 0 spiro atoms. The number of nitrogens with one attached hydrogen (secondary N) is 1. The second kappa shape index (κ2) is 9.09. The van der Waals surface area contributed by atoms with E-state index >= 15 is 0 Å². The summed E-state index contributed by atoms with van der Waals surface area (Å²) in [4.78, 5) is 12.0. The van der Waals surface area contributed by atoms with Crippen molar-refractivity contribution < 1.29 is 9.53 Å². The third-order valence-corrected chi connectivity index (χ3v) is 4.96. The van der Waals surface area contributed by atoms with Gasteiger partial charge in [-0.25, -0.2) is 5.43 Å². The van der Waals surface area contributed by atoms with Gasteiger partial charge in [0.05, 0.1) is 6.21 Å². The number of benzene rings is 3. The first-order valence-electron chi connectivity index (χ1n) is 9.84. The Bertz CT molecular complexity index is 1170. The fraction of sp³-hybridized carbons (Fsp3) is 0.120. The normalized spacial score (nSPS) is 11.1. The van der Waals surface area contributed by atoms with Gasteiger partial charge in [-0.2, -0.15) is 5.10 Å². The second-order valence-corrected chi connectivity index (χ2v) is 6.98. The molecule has 0 atom stereocenters. The average molecular weight is 397 g/mol. The van der Waals surface area contributed by atoms with E-state index in [0.717, 1.165) is 28.7 Å². The van der Waals surface area contributed by atoms with Gasteiger partial charge in [-0.1, -0.05) is 66.7 Å². The first-order valence-corrected chi connectivity index (χ1v) is 9.84. The first-order chi connectivity index (χ1) is 14.7. The zero-order chi connectivity index (χ0) is 20.8. The maximum absolute atomic E-state index is 12.0. The van der Waals surface area contributed by atoms with Crippen molar-refractivity contribution >= 4 is 23.0 Å². The largest absolute Gasteiger partial charge is 0.484 e. The zero-order valence-electron chi connectivity index (χ0n) is 16.8. The van der Waals surface area contributed by atoms with Crippen LogP contribution in [0.1, 0.15) is 16.8 Å². The van der Waals surface area contributed by atoms with Crippen molar-refractivity contribution in [2.45, 2.75) is 13.5 Å². The summed E-state index contributed by atoms with van der Waals surface area (Å²) in [6, 6.07) is 27.8. The highest BCUT2D eigenvalue weighted by atomic mass is 16.5. The maximum atomic E-state index is 12.0. The van der Waals surface area contributed by atoms with Gasteiger partial charge in [-0.3, -0.25) is 4.79 Å². The molecule has 150 valence electrons. The van der Waals surface area contributed by atoms with Crippen LogP contribution in [0.4, 0.5) is 0 Å². The van der Waals surface area contributed by atoms with Crippen LogP contribution < -0.4 is 10.2 Å². The minimum atomic E-state index is -0.305. The Morgan fingerprint density at radius 3 is 2.40 bits per heavy atom. The van der Waals surface area contributed by atoms with Gasteiger partial charge >= 0.3 is 0 Å². The predicted octanol–water partition coefficient (Wildman–Crippen LogP) is 4.53. The Kier molecular flexibility index (Phi) is 5.90. The number of aromatic nitrogens is 1. The molecule has 1 N–H and O–H groups in total. The lowest BCUT2D eigenvalue weighted by atomic mass is 10.1. The van der Waals surface area contributed by atoms with Crippen LogP contribution in [0.15, 0.2) is 90.0 Å². The summed E-state index contributed by atoms with van der Waals surface area (Å²) in [5.74, 6) is 0.345. The molecule has 3 aromatic carbocycles. The highest BCUT2D eigenvalue weighted by molar-refractivity contribution is 6.01. The summed E-state index contributed by atoms with van der Waals surface area (Å²) in [5, 5.41) is 5.27. The molecule has 30 heavy (non-hydrogen) atoms. The van der Waals surface area contributed by atoms with Gasteiger partial charge in [0.25, 0.3) is 5.91 Å². The molecule has 0 saturated heterocycles. The van der Waals surface area contributed by atoms with Gasteiger partial charge in [0.1, 0.15) is 5.75 Å². The number of nitrogens with zero attached hydrogens (tertiary/aromatic N) is 2. The molecule has 1 aromatic heterocycles. The molecule has 5 nitrogen and oxygen atoms in total. The van der Waals surface area contributed by atoms with Crippen molar-refractivity contribution in [3.8, 4) is 5.75 Å². The van der Waals surface area contributed by atoms with Crippen LogP contribution in [-0.2, 0) is 11.3 Å². The fourth-order valence-electron chi connectivity index (χ4n) is 3.46. The third kappa shape index (κ3) is 4.41. The van der Waals surface area contributed by atoms with Crippen molar-refractivity contribution in [3.63, 3.8) is 0 Å². The van der Waals surface area contributed by atoms with Crippen LogP contribution in [0.25, 0.3) is 10.9 Å². The van der Waals surface area contributed by atoms with Gasteiger partial charge in [0, 0.05) is 28.7 Å². The van der Waals surface area contributed by atoms with E-state index in [1.54, 1.807) is 6.21 Å². The van der Waals surface area contributed by atoms with Crippen molar-refractivity contribution in [2.75, 3.05) is 6.61 Å². The number of carbonyl (C=O) groups excluding carboxylic acids is 1. The second-order valence-electron chi connectivity index (χ2n) is 6.98. The monoisotopic (exact) mass is 397 g/mol. The first kappa shape index (κ1) is 19.5. The molecule has 4 aromatic rings. The topological polar surface area (TPSA) is 55.6 Å². The standard InChI is InChI=1S/C25H23N3O2/c1-19-23(16-26-27-25(29)18-30-21-12-6-3-7-13-21)22-14-8-9-15-24(22)28(19)17-20-10-4-2-5-11-20/h2-16H,17-18H2,1H3,(H,27,29)/b26-16+. The molecule has 4 rings (SSSR count). The lowest BCUT2D eigenvalue weighted by Gasteiger charge is -2.08. The molecule has 0 aliphatic carbocycles. The molecule has 5 heteroatoms. The number of ether oxygens (including phenoxy) is 1. The molecule has 0 aliphatic heterocycles. The molecular formula is C25H23N3O2. The lowest BCUT2D eigenvalue weighted by Crippen LogP contribution is -2.24. The van der Waals surface area contributed by atoms with Crippen molar-refractivity contribution in [1.29, 1.82) is 0 Å². The van der Waals surface area contributed by atoms with Gasteiger partial charge in [-0.15, -0.1) is 0 Å². The summed E-state index contributed by atoms with van der Waals surface area (Å²) in [7, 11) is 0. The van der Waals surface area contributed by atoms with E-state index in [1.807, 2.05) is 60.7 Å². The van der Waals surface area contributed by atoms with E-state index in [4.69, 9.17) is 4.74 Å². The SMILES string of the molecule is Cc1c(/C=N/NC(=O)COc2ccccc2)c2ccccc2n1Cc1ccccc1. The van der Waals surface area contributed by atoms with Crippen molar-refractivity contribution in [2.24, 2.45) is 5.10 Å². The smallest absolute Gasteiger partial charge is 0.277 e. The Labute approximate surface area is 175 Å². The summed E-state index contributed by atoms with van der Waals surface area (Å²) < 4.78 is 7.72. The van der Waals surface area contributed by atoms with Crippen LogP contribution in [0, 0.1) is 6.92 Å². The van der Waals surface area contributed by atoms with Gasteiger partial charge in [0.15, 0.2) is 6.61 Å². The highest BCUT2D eigenvalue weighted by Crippen LogP contribution is 2.25. The van der Waals surface area contributed by atoms with E-state index in [1.165, 1.54) is 5.56 Å². The summed E-state index contributed by atoms with van der Waals surface area (Å²) in [6.07, 6.45) is 1.71. The highest BCUT2D eigenvalue weighted by Gasteiger charge is 2.12. The quantitative estimate of drug-likeness (QED) is 0.368. The van der Waals surface area contributed by atoms with Crippen LogP contribution in [0.2, 0.25) is 0 Å². The number of fused-ring (bicyclic) bond motifs is 1. The zero-order valence-corrected chi connectivity index (χ0v) is 16.8. The van der Waals surface area contributed by atoms with Gasteiger partial charge < -0.3 is 9.30 Å². The van der Waals surface area contributed by atoms with Crippen LogP contribution in [-0.4, -0.2) is 23.3 Å². The Morgan fingerprint density at radius 2 is 1.63 bits per heavy atom. The minimum Gasteiger partial charge on any atom is -0.484 e. The van der Waals surface area contributed by atoms with Crippen LogP contribution in [0.5, 0.6) is 5.75 Å². The molecule has 0 saturated carbocycles. The van der Waals surface area contributed by atoms with E-state index in [9.17, 15) is 4.79 Å². The lowest BCUT2D eigenvalue weighted by molar-refractivity contribution is -0.123. The molecule has 1 heterocycles. The van der Waals surface area contributed by atoms with Crippen molar-refractivity contribution in [3.05, 3.63) is 102 Å². The average Bonchev–Trinajstić information content (AvgIpc) is 3.05. The number of rotatable bonds is 7. The van der Waals surface area contributed by atoms with E-state index in [-0.39, 0.29) is 12.5 Å². The number of hydrogen-bond donors (Lipinski definition) is 1. The molecule has 1 amide bonds. The van der Waals surface area contributed by atoms with E-state index < -0.39 is 0 Å². The maximum Gasteiger partial charge on any atom is 0.277 e. The fourth-order valence-corrected chi connectivity index (χ4v) is 3.46. The van der Waals surface area contributed by atoms with Crippen LogP contribution >= 0.6 is 0 Å². The molecule has 0 bridgehead atoms. The molecule has 0 unspecified atom stereocenters. The minimum absolute atomic E-state index is 0.0872.